The van der Waals surface area contributed by atoms with Crippen molar-refractivity contribution in [3.63, 3.8) is 0 Å². The number of carbonyl (C=O) groups excluding carboxylic acids is 1. The zero-order chi connectivity index (χ0) is 17.6. The summed E-state index contributed by atoms with van der Waals surface area (Å²) < 4.78 is 4.87. The number of esters is 1. The quantitative estimate of drug-likeness (QED) is 0.204. The first-order valence-electron chi connectivity index (χ1n) is 8.54. The summed E-state index contributed by atoms with van der Waals surface area (Å²) in [5.41, 5.74) is 0.884. The summed E-state index contributed by atoms with van der Waals surface area (Å²) in [6.45, 7) is 21.0. The average molecular weight is 311 g/mol. The highest BCUT2D eigenvalue weighted by Gasteiger charge is 2.14. The van der Waals surface area contributed by atoms with E-state index in [1.54, 1.807) is 0 Å². The van der Waals surface area contributed by atoms with Gasteiger partial charge in [-0.2, -0.15) is 0 Å². The van der Waals surface area contributed by atoms with Gasteiger partial charge in [0.15, 0.2) is 0 Å². The van der Waals surface area contributed by atoms with Crippen molar-refractivity contribution in [3.8, 4) is 0 Å². The first kappa shape index (κ1) is 23.2. The molecule has 0 fully saturated rings. The van der Waals surface area contributed by atoms with Crippen LogP contribution in [-0.4, -0.2) is 12.6 Å². The van der Waals surface area contributed by atoms with Crippen LogP contribution < -0.4 is 0 Å². The van der Waals surface area contributed by atoms with Gasteiger partial charge in [0.1, 0.15) is 0 Å². The zero-order valence-electron chi connectivity index (χ0n) is 15.8. The molecule has 0 N–H and O–H groups in total. The number of rotatable bonds is 10. The molecule has 0 unspecified atom stereocenters. The van der Waals surface area contributed by atoms with E-state index in [0.29, 0.717) is 17.4 Å². The Morgan fingerprint density at radius 1 is 1.00 bits per heavy atom. The van der Waals surface area contributed by atoms with Gasteiger partial charge in [0.05, 0.1) is 6.61 Å². The highest BCUT2D eigenvalue weighted by molar-refractivity contribution is 5.81. The summed E-state index contributed by atoms with van der Waals surface area (Å²) in [5.74, 6) is -0.325. The Hall–Kier alpha value is -1.05. The molecule has 0 heterocycles. The maximum absolute atomic E-state index is 10.7. The van der Waals surface area contributed by atoms with E-state index < -0.39 is 0 Å². The van der Waals surface area contributed by atoms with Crippen LogP contribution in [0.1, 0.15) is 80.1 Å². The second-order valence-corrected chi connectivity index (χ2v) is 7.34. The van der Waals surface area contributed by atoms with E-state index in [-0.39, 0.29) is 5.97 Å². The van der Waals surface area contributed by atoms with Crippen LogP contribution in [0.2, 0.25) is 0 Å². The van der Waals surface area contributed by atoms with Gasteiger partial charge in [-0.3, -0.25) is 0 Å². The fourth-order valence-corrected chi connectivity index (χ4v) is 1.63. The van der Waals surface area contributed by atoms with Gasteiger partial charge in [0, 0.05) is 6.08 Å². The normalized spacial score (nSPS) is 11.2. The molecule has 0 saturated heterocycles. The summed E-state index contributed by atoms with van der Waals surface area (Å²) in [7, 11) is 0. The summed E-state index contributed by atoms with van der Waals surface area (Å²) >= 11 is 0. The Morgan fingerprint density at radius 2 is 1.50 bits per heavy atom. The minimum Gasteiger partial charge on any atom is -0.463 e. The third-order valence-electron chi connectivity index (χ3n) is 4.35. The van der Waals surface area contributed by atoms with Crippen molar-refractivity contribution in [2.24, 2.45) is 10.8 Å². The molecule has 0 aliphatic carbocycles. The van der Waals surface area contributed by atoms with Crippen molar-refractivity contribution in [3.05, 3.63) is 25.3 Å². The summed E-state index contributed by atoms with van der Waals surface area (Å²) in [4.78, 5) is 10.7. The molecule has 0 bridgehead atoms. The SMILES string of the molecule is C=CC(=O)OCCCC(C)(C)CC.C=CCCC(C)(C)CC. The molecule has 22 heavy (non-hydrogen) atoms. The van der Waals surface area contributed by atoms with E-state index in [0.717, 1.165) is 25.7 Å². The van der Waals surface area contributed by atoms with Crippen molar-refractivity contribution >= 4 is 5.97 Å². The summed E-state index contributed by atoms with van der Waals surface area (Å²) in [6.07, 6.45) is 10.1. The molecule has 130 valence electrons. The Labute approximate surface area is 139 Å². The predicted molar refractivity (Wildman–Crippen MR) is 98.0 cm³/mol. The van der Waals surface area contributed by atoms with Crippen LogP contribution >= 0.6 is 0 Å². The van der Waals surface area contributed by atoms with E-state index in [9.17, 15) is 4.79 Å². The molecule has 0 aromatic heterocycles. The number of carbonyl (C=O) groups is 1. The number of ether oxygens (including phenoxy) is 1. The van der Waals surface area contributed by atoms with Gasteiger partial charge in [0.2, 0.25) is 0 Å². The fourth-order valence-electron chi connectivity index (χ4n) is 1.63. The highest BCUT2D eigenvalue weighted by atomic mass is 16.5. The molecule has 0 radical (unpaired) electrons. The smallest absolute Gasteiger partial charge is 0.330 e. The van der Waals surface area contributed by atoms with Gasteiger partial charge < -0.3 is 4.74 Å². The second-order valence-electron chi connectivity index (χ2n) is 7.34. The molecule has 0 amide bonds. The van der Waals surface area contributed by atoms with Gasteiger partial charge in [-0.05, 0) is 36.5 Å². The molecule has 0 rings (SSSR count). The van der Waals surface area contributed by atoms with E-state index in [1.807, 2.05) is 6.08 Å². The van der Waals surface area contributed by atoms with Gasteiger partial charge in [-0.1, -0.05) is 67.0 Å². The molecular formula is C20H38O2. The van der Waals surface area contributed by atoms with E-state index in [1.165, 1.54) is 18.9 Å². The molecule has 0 saturated carbocycles. The summed E-state index contributed by atoms with van der Waals surface area (Å²) in [5, 5.41) is 0. The first-order valence-corrected chi connectivity index (χ1v) is 8.54. The van der Waals surface area contributed by atoms with Crippen LogP contribution in [0, 0.1) is 10.8 Å². The standard InChI is InChI=1S/C11H20O2.C9H18/c1-5-10(12)13-9-7-8-11(3,4)6-2;1-5-7-8-9(3,4)6-2/h5H,1,6-9H2,2-4H3;5H,1,6-8H2,2-4H3. The third-order valence-corrected chi connectivity index (χ3v) is 4.35. The van der Waals surface area contributed by atoms with E-state index >= 15 is 0 Å². The fraction of sp³-hybridized carbons (Fsp3) is 0.750. The first-order chi connectivity index (χ1) is 10.1. The lowest BCUT2D eigenvalue weighted by Gasteiger charge is -2.21. The monoisotopic (exact) mass is 310 g/mol. The molecule has 0 atom stereocenters. The highest BCUT2D eigenvalue weighted by Crippen LogP contribution is 2.26. The van der Waals surface area contributed by atoms with Crippen molar-refractivity contribution in [1.82, 2.24) is 0 Å². The minimum absolute atomic E-state index is 0.325. The molecule has 2 heteroatoms. The van der Waals surface area contributed by atoms with E-state index in [2.05, 4.69) is 54.7 Å². The van der Waals surface area contributed by atoms with Gasteiger partial charge >= 0.3 is 5.97 Å². The molecule has 0 aliphatic heterocycles. The molecule has 0 spiro atoms. The lowest BCUT2D eigenvalue weighted by atomic mass is 9.85. The van der Waals surface area contributed by atoms with Crippen LogP contribution in [0.25, 0.3) is 0 Å². The zero-order valence-corrected chi connectivity index (χ0v) is 15.8. The Balaban J connectivity index is 0. The molecular weight excluding hydrogens is 272 g/mol. The predicted octanol–water partition coefficient (Wildman–Crippen LogP) is 6.32. The molecule has 0 aromatic rings. The van der Waals surface area contributed by atoms with Crippen molar-refractivity contribution in [1.29, 1.82) is 0 Å². The number of hydrogen-bond donors (Lipinski definition) is 0. The molecule has 2 nitrogen and oxygen atoms in total. The average Bonchev–Trinajstić information content (AvgIpc) is 2.50. The topological polar surface area (TPSA) is 26.3 Å². The Kier molecular flexibility index (Phi) is 13.2. The van der Waals surface area contributed by atoms with Crippen molar-refractivity contribution < 1.29 is 9.53 Å². The maximum Gasteiger partial charge on any atom is 0.330 e. The van der Waals surface area contributed by atoms with Crippen LogP contribution in [0.15, 0.2) is 25.3 Å². The second kappa shape index (κ2) is 12.5. The van der Waals surface area contributed by atoms with Crippen LogP contribution in [0.3, 0.4) is 0 Å². The number of hydrogen-bond acceptors (Lipinski definition) is 2. The lowest BCUT2D eigenvalue weighted by molar-refractivity contribution is -0.138. The Morgan fingerprint density at radius 3 is 1.91 bits per heavy atom. The van der Waals surface area contributed by atoms with E-state index in [4.69, 9.17) is 4.74 Å². The lowest BCUT2D eigenvalue weighted by Crippen LogP contribution is -2.11. The maximum atomic E-state index is 10.7. The largest absolute Gasteiger partial charge is 0.463 e. The van der Waals surface area contributed by atoms with Gasteiger partial charge in [0.25, 0.3) is 0 Å². The number of allylic oxidation sites excluding steroid dienone is 1. The summed E-state index contributed by atoms with van der Waals surface area (Å²) in [6, 6.07) is 0. The van der Waals surface area contributed by atoms with Gasteiger partial charge in [-0.25, -0.2) is 4.79 Å². The minimum atomic E-state index is -0.325. The molecule has 0 aliphatic rings. The van der Waals surface area contributed by atoms with Gasteiger partial charge in [-0.15, -0.1) is 6.58 Å². The van der Waals surface area contributed by atoms with Crippen LogP contribution in [0.5, 0.6) is 0 Å². The molecule has 0 aromatic carbocycles. The Bertz CT molecular complexity index is 314. The van der Waals surface area contributed by atoms with Crippen LogP contribution in [0.4, 0.5) is 0 Å². The third kappa shape index (κ3) is 15.3. The van der Waals surface area contributed by atoms with Crippen molar-refractivity contribution in [2.75, 3.05) is 6.61 Å². The van der Waals surface area contributed by atoms with Crippen LogP contribution in [-0.2, 0) is 9.53 Å². The van der Waals surface area contributed by atoms with Crippen molar-refractivity contribution in [2.45, 2.75) is 80.1 Å².